The summed E-state index contributed by atoms with van der Waals surface area (Å²) in [7, 11) is -3.30. The van der Waals surface area contributed by atoms with E-state index in [1.807, 2.05) is 0 Å². The molecule has 0 unspecified atom stereocenters. The van der Waals surface area contributed by atoms with E-state index in [4.69, 9.17) is 0 Å². The maximum atomic E-state index is 12.4. The third-order valence-electron chi connectivity index (χ3n) is 1.59. The summed E-state index contributed by atoms with van der Waals surface area (Å²) < 4.78 is 87.5. The second-order valence-corrected chi connectivity index (χ2v) is 5.06. The topological polar surface area (TPSA) is 27.7 Å². The van der Waals surface area contributed by atoms with Gasteiger partial charge in [0.05, 0.1) is 6.61 Å². The van der Waals surface area contributed by atoms with Crippen LogP contribution in [0.1, 0.15) is 6.92 Å². The lowest BCUT2D eigenvalue weighted by Crippen LogP contribution is -2.39. The molecule has 0 fully saturated rings. The molecule has 0 heterocycles. The van der Waals surface area contributed by atoms with Gasteiger partial charge in [0.1, 0.15) is 0 Å². The SMILES string of the molecule is CCOP(OC)(OC)=C(C(F)(F)F)C(F)(F)F. The minimum Gasteiger partial charge on any atom is -0.320 e. The van der Waals surface area contributed by atoms with Gasteiger partial charge >= 0.3 is 12.4 Å². The second-order valence-electron chi connectivity index (χ2n) is 2.62. The Morgan fingerprint density at radius 1 is 0.941 bits per heavy atom. The molecule has 0 saturated carbocycles. The predicted octanol–water partition coefficient (Wildman–Crippen LogP) is 3.38. The lowest BCUT2D eigenvalue weighted by molar-refractivity contribution is -0.115. The molecule has 0 amide bonds. The van der Waals surface area contributed by atoms with E-state index in [1.54, 1.807) is 0 Å². The molecule has 3 nitrogen and oxygen atoms in total. The molecular weight excluding hydrogens is 277 g/mol. The molecule has 0 aliphatic carbocycles. The average molecular weight is 288 g/mol. The van der Waals surface area contributed by atoms with Crippen molar-refractivity contribution in [2.24, 2.45) is 0 Å². The third-order valence-corrected chi connectivity index (χ3v) is 4.21. The fraction of sp³-hybridized carbons (Fsp3) is 0.857. The van der Waals surface area contributed by atoms with Gasteiger partial charge < -0.3 is 13.6 Å². The maximum absolute atomic E-state index is 12.4. The van der Waals surface area contributed by atoms with E-state index >= 15 is 0 Å². The molecule has 0 saturated heterocycles. The maximum Gasteiger partial charge on any atom is 0.428 e. The molecule has 0 N–H and O–H groups in total. The van der Waals surface area contributed by atoms with E-state index in [0.717, 1.165) is 0 Å². The van der Waals surface area contributed by atoms with Crippen molar-refractivity contribution in [2.45, 2.75) is 19.3 Å². The zero-order chi connectivity index (χ0) is 13.9. The van der Waals surface area contributed by atoms with E-state index < -0.39 is 31.8 Å². The van der Waals surface area contributed by atoms with Crippen molar-refractivity contribution in [3.05, 3.63) is 0 Å². The van der Waals surface area contributed by atoms with Crippen LogP contribution in [0.5, 0.6) is 0 Å². The summed E-state index contributed by atoms with van der Waals surface area (Å²) in [6.07, 6.45) is -11.3. The highest BCUT2D eigenvalue weighted by Gasteiger charge is 2.58. The molecular formula is C7H11F6O3P. The van der Waals surface area contributed by atoms with E-state index in [1.165, 1.54) is 6.92 Å². The molecule has 0 rings (SSSR count). The molecule has 0 spiro atoms. The summed E-state index contributed by atoms with van der Waals surface area (Å²) in [5.74, 6) is 0. The lowest BCUT2D eigenvalue weighted by Gasteiger charge is -2.27. The zero-order valence-corrected chi connectivity index (χ0v) is 10.0. The molecule has 17 heavy (non-hydrogen) atoms. The van der Waals surface area contributed by atoms with Crippen LogP contribution in [-0.4, -0.2) is 38.5 Å². The highest BCUT2D eigenvalue weighted by molar-refractivity contribution is 7.63. The lowest BCUT2D eigenvalue weighted by atomic mass is 10.4. The van der Waals surface area contributed by atoms with Crippen LogP contribution >= 0.6 is 7.57 Å². The van der Waals surface area contributed by atoms with Crippen molar-refractivity contribution in [1.82, 2.24) is 0 Å². The molecule has 0 radical (unpaired) electrons. The van der Waals surface area contributed by atoms with Crippen molar-refractivity contribution < 1.29 is 39.9 Å². The number of alkyl halides is 6. The molecule has 0 aromatic carbocycles. The smallest absolute Gasteiger partial charge is 0.320 e. The first-order chi connectivity index (χ1) is 7.55. The van der Waals surface area contributed by atoms with Gasteiger partial charge in [-0.25, -0.2) is 0 Å². The second kappa shape index (κ2) is 5.60. The van der Waals surface area contributed by atoms with Crippen LogP contribution in [0.25, 0.3) is 0 Å². The van der Waals surface area contributed by atoms with Gasteiger partial charge in [0, 0.05) is 14.2 Å². The van der Waals surface area contributed by atoms with E-state index in [2.05, 4.69) is 13.6 Å². The summed E-state index contributed by atoms with van der Waals surface area (Å²) in [4.78, 5) is 0. The van der Waals surface area contributed by atoms with Gasteiger partial charge in [0.25, 0.3) is 7.57 Å². The first-order valence-electron chi connectivity index (χ1n) is 4.22. The van der Waals surface area contributed by atoms with Gasteiger partial charge in [-0.05, 0) is 6.92 Å². The van der Waals surface area contributed by atoms with Crippen LogP contribution in [0.2, 0.25) is 0 Å². The van der Waals surface area contributed by atoms with Crippen molar-refractivity contribution in [2.75, 3.05) is 20.8 Å². The van der Waals surface area contributed by atoms with Crippen LogP contribution < -0.4 is 0 Å². The summed E-state index contributed by atoms with van der Waals surface area (Å²) >= 11 is 0. The van der Waals surface area contributed by atoms with E-state index in [0.29, 0.717) is 14.2 Å². The summed E-state index contributed by atoms with van der Waals surface area (Å²) in [5.41, 5.74) is 0. The zero-order valence-electron chi connectivity index (χ0n) is 9.15. The first kappa shape index (κ1) is 16.8. The number of hydrogen-bond donors (Lipinski definition) is 0. The Morgan fingerprint density at radius 2 is 1.29 bits per heavy atom. The van der Waals surface area contributed by atoms with E-state index in [9.17, 15) is 26.3 Å². The summed E-state index contributed by atoms with van der Waals surface area (Å²) in [6.45, 7) is 0.822. The molecule has 0 aliphatic heterocycles. The highest BCUT2D eigenvalue weighted by atomic mass is 31.2. The molecule has 0 aromatic rings. The van der Waals surface area contributed by atoms with Crippen LogP contribution in [0, 0.1) is 0 Å². The third kappa shape index (κ3) is 3.87. The largest absolute Gasteiger partial charge is 0.428 e. The fourth-order valence-electron chi connectivity index (χ4n) is 1.07. The number of halogens is 6. The Balaban J connectivity index is 6.12. The molecule has 0 aromatic heterocycles. The van der Waals surface area contributed by atoms with Gasteiger partial charge in [0.2, 0.25) is 5.29 Å². The first-order valence-corrected chi connectivity index (χ1v) is 5.76. The molecule has 0 bridgehead atoms. The van der Waals surface area contributed by atoms with Gasteiger partial charge in [-0.15, -0.1) is 0 Å². The Morgan fingerprint density at radius 3 is 1.47 bits per heavy atom. The quantitative estimate of drug-likeness (QED) is 0.586. The van der Waals surface area contributed by atoms with Crippen molar-refractivity contribution >= 4 is 12.9 Å². The molecule has 10 heteroatoms. The van der Waals surface area contributed by atoms with Gasteiger partial charge in [-0.2, -0.15) is 26.3 Å². The summed E-state index contributed by atoms with van der Waals surface area (Å²) in [5, 5.41) is -2.79. The predicted molar refractivity (Wildman–Crippen MR) is 49.7 cm³/mol. The van der Waals surface area contributed by atoms with Crippen LogP contribution in [0.3, 0.4) is 0 Å². The molecule has 0 aliphatic rings. The van der Waals surface area contributed by atoms with Crippen molar-refractivity contribution in [1.29, 1.82) is 0 Å². The fourth-order valence-corrected chi connectivity index (χ4v) is 2.88. The average Bonchev–Trinajstić information content (AvgIpc) is 2.12. The Labute approximate surface area is 93.9 Å². The highest BCUT2D eigenvalue weighted by Crippen LogP contribution is 2.57. The number of rotatable bonds is 4. The monoisotopic (exact) mass is 288 g/mol. The van der Waals surface area contributed by atoms with Crippen molar-refractivity contribution in [3.63, 3.8) is 0 Å². The van der Waals surface area contributed by atoms with Gasteiger partial charge in [0.15, 0.2) is 0 Å². The normalized spacial score (nSPS) is 13.9. The van der Waals surface area contributed by atoms with Crippen LogP contribution in [0.4, 0.5) is 26.3 Å². The van der Waals surface area contributed by atoms with E-state index in [-0.39, 0.29) is 0 Å². The minimum absolute atomic E-state index is 0.412. The Kier molecular flexibility index (Phi) is 5.52. The Bertz CT molecular complexity index is 284. The minimum atomic E-state index is -5.65. The summed E-state index contributed by atoms with van der Waals surface area (Å²) in [6, 6.07) is 0. The van der Waals surface area contributed by atoms with Gasteiger partial charge in [-0.1, -0.05) is 0 Å². The molecule has 0 atom stereocenters. The van der Waals surface area contributed by atoms with Crippen molar-refractivity contribution in [3.8, 4) is 0 Å². The number of hydrogen-bond acceptors (Lipinski definition) is 3. The van der Waals surface area contributed by atoms with Crippen LogP contribution in [-0.2, 0) is 13.6 Å². The van der Waals surface area contributed by atoms with Crippen LogP contribution in [0.15, 0.2) is 0 Å². The Hall–Kier alpha value is -0.240. The molecule has 104 valence electrons. The standard InChI is InChI=1S/C7H11F6O3P/c1-4-16-17(14-2,15-3)5(6(8,9)10)7(11,12)13/h4H2,1-3H3. The van der Waals surface area contributed by atoms with Gasteiger partial charge in [-0.3, -0.25) is 0 Å².